The highest BCUT2D eigenvalue weighted by Gasteiger charge is 2.57. The second-order valence-corrected chi connectivity index (χ2v) is 37.9. The van der Waals surface area contributed by atoms with Crippen LogP contribution in [-0.4, -0.2) is 235 Å². The summed E-state index contributed by atoms with van der Waals surface area (Å²) in [6.07, 6.45) is 11.8. The molecule has 8 heterocycles. The lowest BCUT2D eigenvalue weighted by Crippen LogP contribution is -2.51. The summed E-state index contributed by atoms with van der Waals surface area (Å²) in [5.74, 6) is 2.49. The van der Waals surface area contributed by atoms with Gasteiger partial charge in [-0.3, -0.25) is 24.1 Å². The van der Waals surface area contributed by atoms with Crippen molar-refractivity contribution >= 4 is 99.0 Å². The number of alkyl carbamates (subject to hydrolysis) is 3. The molecule has 34 heteroatoms. The summed E-state index contributed by atoms with van der Waals surface area (Å²) in [6.45, 7) is 17.7. The van der Waals surface area contributed by atoms with Gasteiger partial charge in [0.1, 0.15) is 63.8 Å². The third kappa shape index (κ3) is 22.0. The maximum atomic E-state index is 13.9. The number of hydrogen-bond acceptors (Lipinski definition) is 21. The van der Waals surface area contributed by atoms with E-state index in [1.807, 2.05) is 76.9 Å². The summed E-state index contributed by atoms with van der Waals surface area (Å²) in [5, 5.41) is 22.9. The van der Waals surface area contributed by atoms with Crippen LogP contribution < -0.4 is 21.3 Å². The lowest BCUT2D eigenvalue weighted by Gasteiger charge is -2.30. The van der Waals surface area contributed by atoms with Crippen LogP contribution in [0.25, 0.3) is 88.8 Å². The number of nitrogens with one attached hydrogen (secondary N) is 8. The van der Waals surface area contributed by atoms with Gasteiger partial charge in [-0.05, 0) is 161 Å². The Labute approximate surface area is 757 Å². The quantitative estimate of drug-likeness (QED) is 0.0227. The molecule has 2 spiro atoms. The average Bonchev–Trinajstić information content (AvgIpc) is 1.58. The smallest absolute Gasteiger partial charge is 0.411 e. The Balaban J connectivity index is 0.000000185. The number of carbonyl (C=O) groups is 9. The molecule has 129 heavy (non-hydrogen) atoms. The number of aromatic nitrogens is 8. The van der Waals surface area contributed by atoms with Gasteiger partial charge >= 0.3 is 30.3 Å². The number of thioether (sulfide) groups is 2. The summed E-state index contributed by atoms with van der Waals surface area (Å²) in [5.41, 5.74) is 11.6. The number of imidazole rings is 4. The number of carboxylic acid groups (broad SMARTS) is 1. The zero-order chi connectivity index (χ0) is 91.8. The maximum Gasteiger partial charge on any atom is 0.411 e. The van der Waals surface area contributed by atoms with E-state index in [-0.39, 0.29) is 81.6 Å². The number of nitrogens with zero attached hydrogens (tertiary/aromatic N) is 8. The van der Waals surface area contributed by atoms with Gasteiger partial charge in [-0.25, -0.2) is 43.9 Å². The number of ether oxygens (including phenoxy) is 6. The number of fused-ring (bicyclic) bond motifs is 2. The fraction of sp³-hybridized carbons (Fsp3) is 0.442. The molecule has 0 unspecified atom stereocenters. The molecule has 6 fully saturated rings. The molecular formula is C95H114N16O16S2. The Bertz CT molecular complexity index is 5720. The first-order chi connectivity index (χ1) is 61.9. The second kappa shape index (κ2) is 40.2. The highest BCUT2D eigenvalue weighted by atomic mass is 32.2. The van der Waals surface area contributed by atoms with Gasteiger partial charge in [-0.1, -0.05) is 125 Å². The van der Waals surface area contributed by atoms with E-state index < -0.39 is 54.0 Å². The van der Waals surface area contributed by atoms with Gasteiger partial charge in [0.2, 0.25) is 23.6 Å². The number of methoxy groups -OCH3 is 5. The summed E-state index contributed by atoms with van der Waals surface area (Å²) in [4.78, 5) is 152. The largest absolute Gasteiger partial charge is 0.480 e. The van der Waals surface area contributed by atoms with Crippen LogP contribution in [0.1, 0.15) is 153 Å². The van der Waals surface area contributed by atoms with Crippen molar-refractivity contribution in [2.45, 2.75) is 159 Å². The molecule has 10 aromatic rings. The van der Waals surface area contributed by atoms with Gasteiger partial charge in [-0.15, -0.1) is 23.5 Å². The second-order valence-electron chi connectivity index (χ2n) is 35.5. The topological polar surface area (TPSA) is 405 Å². The van der Waals surface area contributed by atoms with Crippen molar-refractivity contribution in [3.63, 3.8) is 0 Å². The van der Waals surface area contributed by atoms with Crippen molar-refractivity contribution < 1.29 is 76.7 Å². The summed E-state index contributed by atoms with van der Waals surface area (Å²) in [7, 11) is 6.92. The van der Waals surface area contributed by atoms with Gasteiger partial charge in [0.05, 0.1) is 81.0 Å². The molecule has 32 nitrogen and oxygen atoms in total. The van der Waals surface area contributed by atoms with Crippen molar-refractivity contribution in [2.75, 3.05) is 86.4 Å². The maximum absolute atomic E-state index is 13.9. The van der Waals surface area contributed by atoms with E-state index >= 15 is 0 Å². The molecule has 6 aliphatic rings. The van der Waals surface area contributed by atoms with E-state index in [2.05, 4.69) is 177 Å². The van der Waals surface area contributed by atoms with E-state index in [9.17, 15) is 43.2 Å². The molecule has 6 aromatic carbocycles. The SMILES string of the molecule is COC(=O)N[C@H](C(=O)N1CC2(CC2)C[C@H]1c1ncc(-c2ccc3cc(-c4ccc(-c5cnc([C@@H]6SCCN6C(=O)OC(C)(C)C)[nH]5)cc4)ccc3c2)[nH]1)C(C)C.COCC[C@H](NC(=O)OC)C(=O)N1CCS[C@H]1c1ncc(-c2ccc(-c3ccc4cc(-c5cnc([C@@H]6CC7(CC7)CN6C(=O)[C@@H](NC(=O)OC)C(C)C)[nH]5)ccc4c3)cc2)[nH]1.COCC[C@H](NC(C)=O)C(=O)O. The molecule has 0 radical (unpaired) electrons. The third-order valence-electron chi connectivity index (χ3n) is 24.5. The lowest BCUT2D eigenvalue weighted by atomic mass is 9.98. The molecule has 9 N–H and O–H groups in total. The van der Waals surface area contributed by atoms with Crippen molar-refractivity contribution in [2.24, 2.45) is 22.7 Å². The van der Waals surface area contributed by atoms with Crippen molar-refractivity contribution in [1.29, 1.82) is 0 Å². The van der Waals surface area contributed by atoms with Crippen LogP contribution in [0.15, 0.2) is 146 Å². The average molecular weight is 1800 g/mol. The molecular weight excluding hydrogens is 1690 g/mol. The number of H-pyrrole nitrogens is 4. The molecule has 4 aliphatic heterocycles. The number of carboxylic acids is 1. The predicted molar refractivity (Wildman–Crippen MR) is 492 cm³/mol. The highest BCUT2D eigenvalue weighted by Crippen LogP contribution is 2.60. The molecule has 0 bridgehead atoms. The zero-order valence-corrected chi connectivity index (χ0v) is 76.5. The highest BCUT2D eigenvalue weighted by molar-refractivity contribution is 8.00. The van der Waals surface area contributed by atoms with Gasteiger partial charge < -0.3 is 89.4 Å². The zero-order valence-electron chi connectivity index (χ0n) is 74.9. The molecule has 682 valence electrons. The van der Waals surface area contributed by atoms with E-state index in [1.165, 1.54) is 35.4 Å². The predicted octanol–water partition coefficient (Wildman–Crippen LogP) is 15.4. The monoisotopic (exact) mass is 1800 g/mol. The number of carbonyl (C=O) groups excluding carboxylic acids is 8. The Morgan fingerprint density at radius 3 is 1.18 bits per heavy atom. The first-order valence-electron chi connectivity index (χ1n) is 43.5. The normalized spacial score (nSPS) is 18.6. The van der Waals surface area contributed by atoms with Crippen LogP contribution in [0.3, 0.4) is 0 Å². The Morgan fingerprint density at radius 1 is 0.450 bits per heavy atom. The minimum atomic E-state index is -1.04. The Morgan fingerprint density at radius 2 is 0.798 bits per heavy atom. The number of amides is 8. The molecule has 16 rings (SSSR count). The lowest BCUT2D eigenvalue weighted by molar-refractivity contribution is -0.142. The van der Waals surface area contributed by atoms with Crippen LogP contribution in [0.2, 0.25) is 0 Å². The van der Waals surface area contributed by atoms with E-state index in [0.717, 1.165) is 156 Å². The third-order valence-corrected chi connectivity index (χ3v) is 26.9. The van der Waals surface area contributed by atoms with Gasteiger partial charge in [-0.2, -0.15) is 0 Å². The fourth-order valence-electron chi connectivity index (χ4n) is 17.1. The van der Waals surface area contributed by atoms with Gasteiger partial charge in [0.25, 0.3) is 0 Å². The number of aliphatic carboxylic acids is 1. The Kier molecular flexibility index (Phi) is 28.9. The minimum absolute atomic E-state index is 0.0968. The minimum Gasteiger partial charge on any atom is -0.480 e. The van der Waals surface area contributed by atoms with Crippen molar-refractivity contribution in [3.8, 4) is 67.3 Å². The fourth-order valence-corrected chi connectivity index (χ4v) is 19.4. The van der Waals surface area contributed by atoms with E-state index in [0.29, 0.717) is 51.6 Å². The summed E-state index contributed by atoms with van der Waals surface area (Å²) < 4.78 is 29.9. The molecule has 2 aliphatic carbocycles. The van der Waals surface area contributed by atoms with Crippen LogP contribution in [0.5, 0.6) is 0 Å². The van der Waals surface area contributed by atoms with Crippen LogP contribution >= 0.6 is 23.5 Å². The van der Waals surface area contributed by atoms with Crippen LogP contribution in [0.4, 0.5) is 19.2 Å². The summed E-state index contributed by atoms with van der Waals surface area (Å²) >= 11 is 3.30. The first-order valence-corrected chi connectivity index (χ1v) is 45.6. The van der Waals surface area contributed by atoms with E-state index in [1.54, 1.807) is 46.6 Å². The molecule has 4 saturated heterocycles. The number of hydrogen-bond donors (Lipinski definition) is 9. The van der Waals surface area contributed by atoms with Crippen LogP contribution in [-0.2, 0) is 52.4 Å². The van der Waals surface area contributed by atoms with Crippen molar-refractivity contribution in [3.05, 3.63) is 169 Å². The number of benzene rings is 6. The molecule has 8 atom stereocenters. The van der Waals surface area contributed by atoms with E-state index in [4.69, 9.17) is 38.8 Å². The van der Waals surface area contributed by atoms with Crippen molar-refractivity contribution in [1.82, 2.24) is 80.7 Å². The number of rotatable bonds is 26. The standard InChI is InChI=1S/C45H52N8O7S.C43H49N7O5S.C7H13NO4/c1-26(2)37(51-44(57)60-5)41(55)53-25-45(15-16-45)22-36(53)38-46-24-35(48-38)32-13-12-30-20-29(10-11-31(30)21-32)27-6-8-28(9-7-27)34-23-47-39(49-34)42-52(17-19-61-42)40(54)33(14-18-58-3)50-43(56)59-4;1-25(2)35(48-40(52)54-6)38(51)50-24-43(15-16-43)21-34(50)36-44-23-33(46-36)31-14-13-29-19-28(11-12-30(29)20-31)26-7-9-27(10-8-26)32-22-45-37(47-32)39-49(17-18-56-39)41(53)55-42(3,4)5;1-5(9)8-6(7(10)11)3-4-12-2/h6-13,20-21,23-24,26,33,36-37,42H,14-19,22,25H2,1-5H3,(H,46,48)(H,47,49)(H,50,56)(H,51,57);7-14,19-20,22-23,25,34-35,39H,15-18,21,24H2,1-6H3,(H,44,46)(H,45,47)(H,48,52);6H,3-4H2,1-2H3,(H,8,9)(H,10,11)/t33-,36-,37-,42-;34-,35-,39-;6-/m000/s1. The molecule has 4 aromatic heterocycles. The number of aromatic amines is 4. The van der Waals surface area contributed by atoms with Gasteiger partial charge in [0.15, 0.2) is 0 Å². The Hall–Kier alpha value is -12.3. The van der Waals surface area contributed by atoms with Crippen LogP contribution in [0, 0.1) is 22.7 Å². The molecule has 2 saturated carbocycles. The first kappa shape index (κ1) is 92.9. The number of likely N-dealkylation sites (tertiary alicyclic amines) is 2. The summed E-state index contributed by atoms with van der Waals surface area (Å²) in [6, 6.07) is 39.0. The molecule has 8 amide bonds. The van der Waals surface area contributed by atoms with Gasteiger partial charge in [0, 0.05) is 96.0 Å².